The van der Waals surface area contributed by atoms with Crippen molar-refractivity contribution >= 4 is 11.5 Å². The molecule has 4 heteroatoms. The summed E-state index contributed by atoms with van der Waals surface area (Å²) >= 11 is -0.250. The van der Waals surface area contributed by atoms with E-state index in [0.717, 1.165) is 0 Å². The Kier molecular flexibility index (Phi) is 6.17. The monoisotopic (exact) mass is 142 g/mol. The molecule has 0 aliphatic heterocycles. The maximum atomic E-state index is 8.51. The number of pyridine rings is 1. The van der Waals surface area contributed by atoms with Crippen molar-refractivity contribution in [1.82, 2.24) is 4.98 Å². The fourth-order valence-corrected chi connectivity index (χ4v) is 0.313. The highest BCUT2D eigenvalue weighted by atomic mass is 32.1. The van der Waals surface area contributed by atoms with Crippen LogP contribution in [0.25, 0.3) is 0 Å². The standard InChI is InChI=1S/C5H5N.HNOS/c1-2-4-6-5-3-1;1-3-2/h1-5H;1H. The molecule has 0 atom stereocenters. The highest BCUT2D eigenvalue weighted by Crippen LogP contribution is 1.73. The molecule has 1 rings (SSSR count). The van der Waals surface area contributed by atoms with Crippen LogP contribution in [0.2, 0.25) is 0 Å². The fourth-order valence-electron chi connectivity index (χ4n) is 0.313. The molecule has 0 spiro atoms. The lowest BCUT2D eigenvalue weighted by atomic mass is 10.5. The number of nitrogens with zero attached hydrogens (tertiary/aromatic N) is 1. The van der Waals surface area contributed by atoms with Gasteiger partial charge in [0.25, 0.3) is 0 Å². The Labute approximate surface area is 56.8 Å². The van der Waals surface area contributed by atoms with Crippen LogP contribution in [0.3, 0.4) is 0 Å². The van der Waals surface area contributed by atoms with Gasteiger partial charge in [-0.3, -0.25) is 4.98 Å². The summed E-state index contributed by atoms with van der Waals surface area (Å²) in [5.41, 5.74) is 0. The molecule has 0 saturated carbocycles. The van der Waals surface area contributed by atoms with E-state index in [1.165, 1.54) is 0 Å². The summed E-state index contributed by atoms with van der Waals surface area (Å²) in [4.78, 5) is 3.78. The van der Waals surface area contributed by atoms with Crippen LogP contribution >= 0.6 is 0 Å². The molecule has 0 saturated heterocycles. The van der Waals surface area contributed by atoms with Gasteiger partial charge in [0.15, 0.2) is 11.5 Å². The average Bonchev–Trinajstić information content (AvgIpc) is 1.93. The molecular weight excluding hydrogens is 136 g/mol. The highest BCUT2D eigenvalue weighted by Gasteiger charge is 1.58. The number of aromatic nitrogens is 1. The van der Waals surface area contributed by atoms with E-state index in [0.29, 0.717) is 0 Å². The van der Waals surface area contributed by atoms with Crippen molar-refractivity contribution in [3.05, 3.63) is 30.6 Å². The van der Waals surface area contributed by atoms with Crippen LogP contribution in [0.4, 0.5) is 0 Å². The predicted octanol–water partition coefficient (Wildman–Crippen LogP) is 1.04. The Hall–Kier alpha value is -1.03. The van der Waals surface area contributed by atoms with Crippen molar-refractivity contribution < 1.29 is 4.21 Å². The van der Waals surface area contributed by atoms with Gasteiger partial charge in [0, 0.05) is 12.4 Å². The van der Waals surface area contributed by atoms with Crippen LogP contribution in [-0.2, 0) is 11.5 Å². The minimum absolute atomic E-state index is 0.250. The number of hydrogen-bond donors (Lipinski definition) is 1. The number of nitrogens with one attached hydrogen (secondary N) is 1. The first kappa shape index (κ1) is 7.97. The molecule has 1 aromatic heterocycles. The zero-order chi connectivity index (χ0) is 6.95. The smallest absolute Gasteiger partial charge is 0.196 e. The second-order valence-corrected chi connectivity index (χ2v) is 1.27. The minimum atomic E-state index is -0.250. The van der Waals surface area contributed by atoms with Gasteiger partial charge in [-0.1, -0.05) is 6.07 Å². The van der Waals surface area contributed by atoms with Gasteiger partial charge in [0.05, 0.1) is 0 Å². The van der Waals surface area contributed by atoms with E-state index >= 15 is 0 Å². The van der Waals surface area contributed by atoms with E-state index in [2.05, 4.69) is 4.98 Å². The van der Waals surface area contributed by atoms with Gasteiger partial charge < -0.3 is 0 Å². The summed E-state index contributed by atoms with van der Waals surface area (Å²) in [7, 11) is 0. The van der Waals surface area contributed by atoms with Crippen LogP contribution in [0.15, 0.2) is 30.6 Å². The maximum absolute atomic E-state index is 8.51. The van der Waals surface area contributed by atoms with Gasteiger partial charge in [-0.25, -0.2) is 4.78 Å². The summed E-state index contributed by atoms with van der Waals surface area (Å²) in [5, 5.41) is 0. The van der Waals surface area contributed by atoms with E-state index in [9.17, 15) is 0 Å². The molecule has 0 radical (unpaired) electrons. The molecule has 0 unspecified atom stereocenters. The summed E-state index contributed by atoms with van der Waals surface area (Å²) in [5.74, 6) is 0. The van der Waals surface area contributed by atoms with Crippen LogP contribution in [0, 0.1) is 4.78 Å². The lowest BCUT2D eigenvalue weighted by Crippen LogP contribution is -1.58. The van der Waals surface area contributed by atoms with Gasteiger partial charge in [-0.05, 0) is 12.1 Å². The molecular formula is C5H6N2OS. The Morgan fingerprint density at radius 3 is 1.78 bits per heavy atom. The largest absolute Gasteiger partial charge is 0.265 e. The molecule has 0 aliphatic rings. The Morgan fingerprint density at radius 1 is 1.22 bits per heavy atom. The summed E-state index contributed by atoms with van der Waals surface area (Å²) in [6, 6.07) is 5.72. The molecule has 0 aromatic carbocycles. The number of hydrogen-bond acceptors (Lipinski definition) is 3. The molecule has 0 bridgehead atoms. The fraction of sp³-hybridized carbons (Fsp3) is 0. The molecule has 1 N–H and O–H groups in total. The van der Waals surface area contributed by atoms with Gasteiger partial charge in [0.2, 0.25) is 0 Å². The van der Waals surface area contributed by atoms with E-state index in [1.807, 2.05) is 18.2 Å². The van der Waals surface area contributed by atoms with E-state index in [-0.39, 0.29) is 11.5 Å². The summed E-state index contributed by atoms with van der Waals surface area (Å²) < 4.78 is 14.1. The normalized spacial score (nSPS) is 6.67. The third-order valence-electron chi connectivity index (χ3n) is 0.566. The SMILES string of the molecule is N=S=O.c1ccncc1. The second kappa shape index (κ2) is 6.97. The zero-order valence-electron chi connectivity index (χ0n) is 4.65. The van der Waals surface area contributed by atoms with E-state index in [1.54, 1.807) is 12.4 Å². The Morgan fingerprint density at radius 2 is 1.67 bits per heavy atom. The van der Waals surface area contributed by atoms with Gasteiger partial charge in [-0.15, -0.1) is 0 Å². The summed E-state index contributed by atoms with van der Waals surface area (Å²) in [6.07, 6.45) is 3.50. The van der Waals surface area contributed by atoms with Crippen LogP contribution < -0.4 is 0 Å². The van der Waals surface area contributed by atoms with Crippen molar-refractivity contribution in [2.75, 3.05) is 0 Å². The minimum Gasteiger partial charge on any atom is -0.265 e. The second-order valence-electron chi connectivity index (χ2n) is 1.11. The maximum Gasteiger partial charge on any atom is 0.196 e. The molecule has 0 fully saturated rings. The first-order valence-electron chi connectivity index (χ1n) is 2.22. The molecule has 3 nitrogen and oxygen atoms in total. The van der Waals surface area contributed by atoms with Gasteiger partial charge in [0.1, 0.15) is 0 Å². The van der Waals surface area contributed by atoms with Crippen molar-refractivity contribution in [3.8, 4) is 0 Å². The average molecular weight is 142 g/mol. The molecule has 9 heavy (non-hydrogen) atoms. The van der Waals surface area contributed by atoms with Crippen molar-refractivity contribution in [1.29, 1.82) is 4.78 Å². The highest BCUT2D eigenvalue weighted by molar-refractivity contribution is 7.53. The van der Waals surface area contributed by atoms with Gasteiger partial charge in [-0.2, -0.15) is 4.21 Å². The topological polar surface area (TPSA) is 53.8 Å². The van der Waals surface area contributed by atoms with Crippen LogP contribution in [0.1, 0.15) is 0 Å². The third-order valence-corrected chi connectivity index (χ3v) is 0.566. The first-order valence-corrected chi connectivity index (χ1v) is 2.96. The summed E-state index contributed by atoms with van der Waals surface area (Å²) in [6.45, 7) is 0. The molecule has 1 aromatic rings. The van der Waals surface area contributed by atoms with Crippen molar-refractivity contribution in [3.63, 3.8) is 0 Å². The molecule has 48 valence electrons. The molecule has 0 amide bonds. The lowest BCUT2D eigenvalue weighted by Gasteiger charge is -1.70. The third kappa shape index (κ3) is 6.97. The zero-order valence-corrected chi connectivity index (χ0v) is 5.47. The lowest BCUT2D eigenvalue weighted by molar-refractivity contribution is 0.697. The predicted molar refractivity (Wildman–Crippen MR) is 35.1 cm³/mol. The Bertz CT molecular complexity index is 145. The van der Waals surface area contributed by atoms with Crippen molar-refractivity contribution in [2.24, 2.45) is 0 Å². The van der Waals surface area contributed by atoms with E-state index in [4.69, 9.17) is 8.99 Å². The van der Waals surface area contributed by atoms with Crippen LogP contribution in [0.5, 0.6) is 0 Å². The first-order chi connectivity index (χ1) is 4.41. The van der Waals surface area contributed by atoms with E-state index < -0.39 is 0 Å². The van der Waals surface area contributed by atoms with Gasteiger partial charge >= 0.3 is 0 Å². The van der Waals surface area contributed by atoms with Crippen LogP contribution in [-0.4, -0.2) is 9.19 Å². The molecule has 0 aliphatic carbocycles. The Balaban J connectivity index is 0.000000187. The molecule has 1 heterocycles. The number of rotatable bonds is 0. The quantitative estimate of drug-likeness (QED) is 0.588. The van der Waals surface area contributed by atoms with Crippen molar-refractivity contribution in [2.45, 2.75) is 0 Å².